The normalized spacial score (nSPS) is 12.1. The summed E-state index contributed by atoms with van der Waals surface area (Å²) in [6.07, 6.45) is 3.47. The maximum Gasteiger partial charge on any atom is 0.337 e. The number of aromatic nitrogens is 1. The molecule has 3 N–H and O–H groups in total. The highest BCUT2D eigenvalue weighted by molar-refractivity contribution is 5.93. The largest absolute Gasteiger partial charge is 0.478 e. The van der Waals surface area contributed by atoms with Crippen LogP contribution in [-0.4, -0.2) is 33.8 Å². The number of anilines is 1. The summed E-state index contributed by atoms with van der Waals surface area (Å²) in [5, 5.41) is 20.6. The van der Waals surface area contributed by atoms with Crippen molar-refractivity contribution in [3.05, 3.63) is 24.0 Å². The lowest BCUT2D eigenvalue weighted by Gasteiger charge is -2.14. The van der Waals surface area contributed by atoms with Gasteiger partial charge in [-0.25, -0.2) is 4.79 Å². The maximum absolute atomic E-state index is 10.8. The van der Waals surface area contributed by atoms with E-state index < -0.39 is 5.97 Å². The van der Waals surface area contributed by atoms with Crippen molar-refractivity contribution in [2.24, 2.45) is 0 Å². The van der Waals surface area contributed by atoms with Crippen LogP contribution in [0.25, 0.3) is 0 Å². The molecule has 0 saturated heterocycles. The van der Waals surface area contributed by atoms with Gasteiger partial charge in [0.25, 0.3) is 0 Å². The molecule has 0 saturated carbocycles. The smallest absolute Gasteiger partial charge is 0.337 e. The summed E-state index contributed by atoms with van der Waals surface area (Å²) in [5.41, 5.74) is 0.667. The Balaban J connectivity index is 2.79. The minimum atomic E-state index is -0.990. The number of nitrogens with zero attached hydrogens (tertiary/aromatic N) is 1. The molecule has 0 fully saturated rings. The lowest BCUT2D eigenvalue weighted by Crippen LogP contribution is -2.18. The Bertz CT molecular complexity index is 341. The fourth-order valence-corrected chi connectivity index (χ4v) is 1.23. The van der Waals surface area contributed by atoms with Crippen molar-refractivity contribution < 1.29 is 15.0 Å². The molecule has 0 amide bonds. The zero-order valence-electron chi connectivity index (χ0n) is 8.47. The van der Waals surface area contributed by atoms with E-state index in [1.807, 2.05) is 6.92 Å². The van der Waals surface area contributed by atoms with Crippen LogP contribution >= 0.6 is 0 Å². The van der Waals surface area contributed by atoms with Gasteiger partial charge in [-0.15, -0.1) is 0 Å². The number of carboxylic acids is 1. The van der Waals surface area contributed by atoms with E-state index in [1.165, 1.54) is 18.5 Å². The Hall–Kier alpha value is -1.62. The van der Waals surface area contributed by atoms with Crippen molar-refractivity contribution in [3.63, 3.8) is 0 Å². The molecule has 0 aliphatic heterocycles. The quantitative estimate of drug-likeness (QED) is 0.674. The van der Waals surface area contributed by atoms with Gasteiger partial charge in [0.2, 0.25) is 0 Å². The molecule has 0 aliphatic rings. The molecular formula is C10H14N2O3. The van der Waals surface area contributed by atoms with Gasteiger partial charge in [0.05, 0.1) is 17.4 Å². The number of aliphatic hydroxyl groups excluding tert-OH is 1. The van der Waals surface area contributed by atoms with E-state index in [-0.39, 0.29) is 18.2 Å². The molecule has 15 heavy (non-hydrogen) atoms. The fraction of sp³-hybridized carbons (Fsp3) is 0.400. The summed E-state index contributed by atoms with van der Waals surface area (Å²) in [5.74, 6) is -0.990. The van der Waals surface area contributed by atoms with Crippen LogP contribution in [0.4, 0.5) is 5.69 Å². The van der Waals surface area contributed by atoms with Crippen LogP contribution in [0.5, 0.6) is 0 Å². The second kappa shape index (κ2) is 5.31. The molecule has 0 aromatic carbocycles. The van der Waals surface area contributed by atoms with E-state index in [4.69, 9.17) is 10.2 Å². The topological polar surface area (TPSA) is 82.5 Å². The van der Waals surface area contributed by atoms with Crippen LogP contribution in [0, 0.1) is 0 Å². The fourth-order valence-electron chi connectivity index (χ4n) is 1.23. The van der Waals surface area contributed by atoms with E-state index in [0.29, 0.717) is 12.1 Å². The Labute approximate surface area is 87.8 Å². The van der Waals surface area contributed by atoms with Gasteiger partial charge in [-0.2, -0.15) is 0 Å². The lowest BCUT2D eigenvalue weighted by atomic mass is 10.2. The number of nitrogens with one attached hydrogen (secondary N) is 1. The zero-order valence-corrected chi connectivity index (χ0v) is 8.47. The summed E-state index contributed by atoms with van der Waals surface area (Å²) in [6.45, 7) is 1.94. The molecule has 1 aromatic rings. The van der Waals surface area contributed by atoms with Crippen molar-refractivity contribution in [1.29, 1.82) is 0 Å². The number of hydrogen-bond donors (Lipinski definition) is 3. The minimum absolute atomic E-state index is 0.0114. The summed E-state index contributed by atoms with van der Waals surface area (Å²) in [6, 6.07) is 1.45. The van der Waals surface area contributed by atoms with E-state index >= 15 is 0 Å². The van der Waals surface area contributed by atoms with Crippen LogP contribution in [0.15, 0.2) is 18.5 Å². The van der Waals surface area contributed by atoms with Crippen LogP contribution < -0.4 is 5.32 Å². The van der Waals surface area contributed by atoms with Gasteiger partial charge in [-0.05, 0) is 19.4 Å². The van der Waals surface area contributed by atoms with Gasteiger partial charge in [0.15, 0.2) is 0 Å². The van der Waals surface area contributed by atoms with Crippen LogP contribution in [0.3, 0.4) is 0 Å². The zero-order chi connectivity index (χ0) is 11.3. The first-order chi connectivity index (χ1) is 7.15. The third kappa shape index (κ3) is 3.21. The Morgan fingerprint density at radius 3 is 3.00 bits per heavy atom. The van der Waals surface area contributed by atoms with Gasteiger partial charge >= 0.3 is 5.97 Å². The number of carboxylic acid groups (broad SMARTS) is 1. The molecule has 1 atom stereocenters. The summed E-state index contributed by atoms with van der Waals surface area (Å²) in [4.78, 5) is 14.7. The number of aliphatic hydroxyl groups is 1. The van der Waals surface area contributed by atoms with Gasteiger partial charge in [-0.1, -0.05) is 0 Å². The number of pyridine rings is 1. The van der Waals surface area contributed by atoms with E-state index in [0.717, 1.165) is 0 Å². The first-order valence-electron chi connectivity index (χ1n) is 4.70. The Morgan fingerprint density at radius 1 is 1.67 bits per heavy atom. The molecule has 0 bridgehead atoms. The SMILES string of the molecule is CC(CCO)Nc1cnccc1C(=O)O. The average molecular weight is 210 g/mol. The molecule has 1 unspecified atom stereocenters. The third-order valence-corrected chi connectivity index (χ3v) is 2.02. The van der Waals surface area contributed by atoms with E-state index in [1.54, 1.807) is 0 Å². The van der Waals surface area contributed by atoms with Gasteiger partial charge in [0, 0.05) is 18.8 Å². The van der Waals surface area contributed by atoms with E-state index in [2.05, 4.69) is 10.3 Å². The van der Waals surface area contributed by atoms with Crippen LogP contribution in [0.1, 0.15) is 23.7 Å². The van der Waals surface area contributed by atoms with Crippen molar-refractivity contribution in [2.75, 3.05) is 11.9 Å². The predicted molar refractivity (Wildman–Crippen MR) is 56.0 cm³/mol. The van der Waals surface area contributed by atoms with Gasteiger partial charge in [-0.3, -0.25) is 4.98 Å². The van der Waals surface area contributed by atoms with Gasteiger partial charge < -0.3 is 15.5 Å². The number of rotatable bonds is 5. The summed E-state index contributed by atoms with van der Waals surface area (Å²) >= 11 is 0. The molecule has 0 aliphatic carbocycles. The van der Waals surface area contributed by atoms with Crippen molar-refractivity contribution in [1.82, 2.24) is 4.98 Å². The standard InChI is InChI=1S/C10H14N2O3/c1-7(3-5-13)12-9-6-11-4-2-8(9)10(14)15/h2,4,6-7,12-13H,3,5H2,1H3,(H,14,15). The minimum Gasteiger partial charge on any atom is -0.478 e. The molecule has 0 spiro atoms. The monoisotopic (exact) mass is 210 g/mol. The number of carbonyl (C=O) groups is 1. The first kappa shape index (κ1) is 11.5. The highest BCUT2D eigenvalue weighted by atomic mass is 16.4. The van der Waals surface area contributed by atoms with Crippen molar-refractivity contribution >= 4 is 11.7 Å². The lowest BCUT2D eigenvalue weighted by molar-refractivity contribution is 0.0698. The van der Waals surface area contributed by atoms with Crippen LogP contribution in [0.2, 0.25) is 0 Å². The third-order valence-electron chi connectivity index (χ3n) is 2.02. The average Bonchev–Trinajstić information content (AvgIpc) is 2.18. The van der Waals surface area contributed by atoms with Crippen LogP contribution in [-0.2, 0) is 0 Å². The Morgan fingerprint density at radius 2 is 2.40 bits per heavy atom. The first-order valence-corrected chi connectivity index (χ1v) is 4.70. The summed E-state index contributed by atoms with van der Waals surface area (Å²) < 4.78 is 0. The van der Waals surface area contributed by atoms with Gasteiger partial charge in [0.1, 0.15) is 0 Å². The maximum atomic E-state index is 10.8. The molecular weight excluding hydrogens is 196 g/mol. The summed E-state index contributed by atoms with van der Waals surface area (Å²) in [7, 11) is 0. The Kier molecular flexibility index (Phi) is 4.05. The molecule has 1 rings (SSSR count). The molecule has 0 radical (unpaired) electrons. The van der Waals surface area contributed by atoms with Crippen molar-refractivity contribution in [3.8, 4) is 0 Å². The predicted octanol–water partition coefficient (Wildman–Crippen LogP) is 0.963. The number of aromatic carboxylic acids is 1. The molecule has 82 valence electrons. The van der Waals surface area contributed by atoms with E-state index in [9.17, 15) is 4.79 Å². The highest BCUT2D eigenvalue weighted by Crippen LogP contribution is 2.14. The van der Waals surface area contributed by atoms with Crippen molar-refractivity contribution in [2.45, 2.75) is 19.4 Å². The molecule has 1 heterocycles. The highest BCUT2D eigenvalue weighted by Gasteiger charge is 2.11. The molecule has 5 heteroatoms. The number of hydrogen-bond acceptors (Lipinski definition) is 4. The second-order valence-electron chi connectivity index (χ2n) is 3.28. The molecule has 1 aromatic heterocycles. The molecule has 5 nitrogen and oxygen atoms in total. The second-order valence-corrected chi connectivity index (χ2v) is 3.28.